The van der Waals surface area contributed by atoms with Gasteiger partial charge in [-0.25, -0.2) is 4.99 Å². The average Bonchev–Trinajstić information content (AvgIpc) is 2.61. The summed E-state index contributed by atoms with van der Waals surface area (Å²) in [6, 6.07) is 13.2. The van der Waals surface area contributed by atoms with Gasteiger partial charge in [-0.1, -0.05) is 0 Å². The van der Waals surface area contributed by atoms with E-state index in [1.165, 1.54) is 0 Å². The number of amides is 2. The van der Waals surface area contributed by atoms with E-state index >= 15 is 0 Å². The van der Waals surface area contributed by atoms with E-state index in [0.29, 0.717) is 34.6 Å². The lowest BCUT2D eigenvalue weighted by Crippen LogP contribution is -2.21. The fourth-order valence-electron chi connectivity index (χ4n) is 2.43. The molecule has 0 fully saturated rings. The topological polar surface area (TPSA) is 121 Å². The molecule has 0 aliphatic heterocycles. The Bertz CT molecular complexity index is 1050. The highest BCUT2D eigenvalue weighted by atomic mass is 16.5. The summed E-state index contributed by atoms with van der Waals surface area (Å²) in [4.78, 5) is 27.3. The van der Waals surface area contributed by atoms with E-state index in [-0.39, 0.29) is 11.1 Å². The molecular weight excluding hydrogens is 334 g/mol. The molecule has 3 aromatic rings. The van der Waals surface area contributed by atoms with Crippen LogP contribution < -0.4 is 21.8 Å². The lowest BCUT2D eigenvalue weighted by atomic mass is 10.1. The van der Waals surface area contributed by atoms with Crippen LogP contribution in [0.25, 0.3) is 11.0 Å². The summed E-state index contributed by atoms with van der Waals surface area (Å²) in [6.07, 6.45) is 0. The number of carbonyl (C=O) groups is 2. The van der Waals surface area contributed by atoms with Crippen LogP contribution in [0.4, 0.5) is 5.69 Å². The van der Waals surface area contributed by atoms with Gasteiger partial charge in [-0.3, -0.25) is 9.59 Å². The van der Waals surface area contributed by atoms with E-state index in [0.717, 1.165) is 0 Å². The van der Waals surface area contributed by atoms with Crippen LogP contribution in [0.2, 0.25) is 0 Å². The summed E-state index contributed by atoms with van der Waals surface area (Å²) in [7, 11) is 0. The van der Waals surface area contributed by atoms with Crippen molar-refractivity contribution in [3.8, 4) is 5.75 Å². The third kappa shape index (κ3) is 3.56. The molecule has 0 spiro atoms. The van der Waals surface area contributed by atoms with Gasteiger partial charge in [0.2, 0.25) is 11.5 Å². The molecule has 0 aliphatic rings. The first-order valence-corrected chi connectivity index (χ1v) is 7.93. The van der Waals surface area contributed by atoms with Gasteiger partial charge in [0.25, 0.3) is 5.91 Å². The minimum absolute atomic E-state index is 0.0745. The van der Waals surface area contributed by atoms with Crippen LogP contribution in [0, 0.1) is 0 Å². The number of benzene rings is 2. The van der Waals surface area contributed by atoms with Crippen molar-refractivity contribution in [2.45, 2.75) is 6.92 Å². The minimum atomic E-state index is -0.656. The molecule has 0 saturated carbocycles. The fourth-order valence-corrected chi connectivity index (χ4v) is 2.43. The second-order valence-electron chi connectivity index (χ2n) is 5.49. The third-order valence-electron chi connectivity index (χ3n) is 3.68. The second kappa shape index (κ2) is 7.10. The quantitative estimate of drug-likeness (QED) is 0.732. The molecule has 4 N–H and O–H groups in total. The number of primary amides is 2. The normalized spacial score (nSPS) is 11.5. The SMILES string of the molecule is CCOc1ccc2cc(C(N)=O)c(=Nc3ccc(C(N)=O)cc3)oc2c1. The zero-order chi connectivity index (χ0) is 18.7. The van der Waals surface area contributed by atoms with E-state index in [1.54, 1.807) is 48.5 Å². The van der Waals surface area contributed by atoms with Gasteiger partial charge >= 0.3 is 0 Å². The van der Waals surface area contributed by atoms with Crippen molar-refractivity contribution in [3.05, 3.63) is 65.2 Å². The van der Waals surface area contributed by atoms with Crippen molar-refractivity contribution in [3.63, 3.8) is 0 Å². The van der Waals surface area contributed by atoms with Crippen LogP contribution in [0.3, 0.4) is 0 Å². The zero-order valence-electron chi connectivity index (χ0n) is 14.1. The first-order chi connectivity index (χ1) is 12.5. The first-order valence-electron chi connectivity index (χ1n) is 7.93. The maximum absolute atomic E-state index is 11.8. The Balaban J connectivity index is 2.16. The summed E-state index contributed by atoms with van der Waals surface area (Å²) < 4.78 is 11.2. The van der Waals surface area contributed by atoms with Crippen LogP contribution in [0.15, 0.2) is 57.9 Å². The van der Waals surface area contributed by atoms with Crippen molar-refractivity contribution in [1.82, 2.24) is 0 Å². The summed E-state index contributed by atoms with van der Waals surface area (Å²) >= 11 is 0. The first kappa shape index (κ1) is 17.2. The highest BCUT2D eigenvalue weighted by Crippen LogP contribution is 2.21. The molecule has 0 atom stereocenters. The van der Waals surface area contributed by atoms with Gasteiger partial charge in [-0.15, -0.1) is 0 Å². The zero-order valence-corrected chi connectivity index (χ0v) is 14.1. The monoisotopic (exact) mass is 351 g/mol. The molecule has 7 heteroatoms. The van der Waals surface area contributed by atoms with Gasteiger partial charge in [-0.2, -0.15) is 0 Å². The molecule has 2 amide bonds. The molecule has 7 nitrogen and oxygen atoms in total. The lowest BCUT2D eigenvalue weighted by molar-refractivity contribution is 0.0989. The van der Waals surface area contributed by atoms with Gasteiger partial charge in [0.1, 0.15) is 16.9 Å². The van der Waals surface area contributed by atoms with Crippen LogP contribution in [-0.4, -0.2) is 18.4 Å². The predicted molar refractivity (Wildman–Crippen MR) is 96.1 cm³/mol. The molecule has 0 bridgehead atoms. The molecule has 0 radical (unpaired) electrons. The number of nitrogens with two attached hydrogens (primary N) is 2. The molecule has 132 valence electrons. The van der Waals surface area contributed by atoms with Gasteiger partial charge < -0.3 is 20.6 Å². The number of fused-ring (bicyclic) bond motifs is 1. The van der Waals surface area contributed by atoms with Crippen LogP contribution in [0.5, 0.6) is 5.75 Å². The van der Waals surface area contributed by atoms with Crippen molar-refractivity contribution >= 4 is 28.5 Å². The number of nitrogens with zero attached hydrogens (tertiary/aromatic N) is 1. The van der Waals surface area contributed by atoms with Gasteiger partial charge in [0, 0.05) is 17.0 Å². The van der Waals surface area contributed by atoms with E-state index in [2.05, 4.69) is 4.99 Å². The van der Waals surface area contributed by atoms with Crippen molar-refractivity contribution < 1.29 is 18.7 Å². The van der Waals surface area contributed by atoms with E-state index in [4.69, 9.17) is 20.6 Å². The third-order valence-corrected chi connectivity index (χ3v) is 3.68. The van der Waals surface area contributed by atoms with E-state index in [9.17, 15) is 9.59 Å². The molecule has 1 heterocycles. The predicted octanol–water partition coefficient (Wildman–Crippen LogP) is 2.26. The summed E-state index contributed by atoms with van der Waals surface area (Å²) in [5.41, 5.74) is 12.3. The van der Waals surface area contributed by atoms with Gasteiger partial charge in [-0.05, 0) is 49.4 Å². The maximum atomic E-state index is 11.8. The molecule has 26 heavy (non-hydrogen) atoms. The number of rotatable bonds is 5. The van der Waals surface area contributed by atoms with Crippen LogP contribution in [-0.2, 0) is 0 Å². The Labute approximate surface area is 148 Å². The standard InChI is InChI=1S/C19H17N3O4/c1-2-25-14-8-5-12-9-15(18(21)24)19(26-16(12)10-14)22-13-6-3-11(4-7-13)17(20)23/h3-10H,2H2,1H3,(H2,20,23)(H2,21,24). The summed E-state index contributed by atoms with van der Waals surface area (Å²) in [5, 5.41) is 0.699. The van der Waals surface area contributed by atoms with Crippen LogP contribution in [0.1, 0.15) is 27.6 Å². The molecule has 0 aliphatic carbocycles. The Hall–Kier alpha value is -3.61. The molecule has 3 rings (SSSR count). The van der Waals surface area contributed by atoms with E-state index < -0.39 is 11.8 Å². The van der Waals surface area contributed by atoms with Crippen molar-refractivity contribution in [1.29, 1.82) is 0 Å². The lowest BCUT2D eigenvalue weighted by Gasteiger charge is -2.06. The molecule has 2 aromatic carbocycles. The smallest absolute Gasteiger partial charge is 0.254 e. The Morgan fingerprint density at radius 2 is 1.77 bits per heavy atom. The Morgan fingerprint density at radius 3 is 2.38 bits per heavy atom. The second-order valence-corrected chi connectivity index (χ2v) is 5.49. The fraction of sp³-hybridized carbons (Fsp3) is 0.105. The van der Waals surface area contributed by atoms with Crippen molar-refractivity contribution in [2.24, 2.45) is 16.5 Å². The van der Waals surface area contributed by atoms with Crippen molar-refractivity contribution in [2.75, 3.05) is 6.61 Å². The number of carbonyl (C=O) groups excluding carboxylic acids is 2. The Kier molecular flexibility index (Phi) is 4.70. The Morgan fingerprint density at radius 1 is 1.04 bits per heavy atom. The maximum Gasteiger partial charge on any atom is 0.254 e. The minimum Gasteiger partial charge on any atom is -0.494 e. The molecule has 0 unspecified atom stereocenters. The van der Waals surface area contributed by atoms with Gasteiger partial charge in [0.15, 0.2) is 0 Å². The van der Waals surface area contributed by atoms with Crippen LogP contribution >= 0.6 is 0 Å². The van der Waals surface area contributed by atoms with E-state index in [1.807, 2.05) is 6.92 Å². The highest BCUT2D eigenvalue weighted by Gasteiger charge is 2.10. The summed E-state index contributed by atoms with van der Waals surface area (Å²) in [5.74, 6) is -0.544. The number of hydrogen-bond acceptors (Lipinski definition) is 5. The average molecular weight is 351 g/mol. The molecule has 0 saturated heterocycles. The number of hydrogen-bond donors (Lipinski definition) is 2. The molecular formula is C19H17N3O4. The highest BCUT2D eigenvalue weighted by molar-refractivity contribution is 5.95. The van der Waals surface area contributed by atoms with Gasteiger partial charge in [0.05, 0.1) is 12.3 Å². The molecule has 1 aromatic heterocycles. The number of ether oxygens (including phenoxy) is 1. The summed E-state index contributed by atoms with van der Waals surface area (Å²) in [6.45, 7) is 2.41. The largest absolute Gasteiger partial charge is 0.494 e.